The Balaban J connectivity index is 2.11. The van der Waals surface area contributed by atoms with Crippen LogP contribution in [-0.2, 0) is 9.53 Å². The molecular weight excluding hydrogens is 356 g/mol. The third kappa shape index (κ3) is 3.69. The second-order valence-electron chi connectivity index (χ2n) is 6.09. The number of carbonyl (C=O) groups excluding carboxylic acids is 2. The second-order valence-corrected chi connectivity index (χ2v) is 6.09. The Labute approximate surface area is 162 Å². The van der Waals surface area contributed by atoms with E-state index in [4.69, 9.17) is 4.74 Å². The number of pyridine rings is 1. The molecule has 0 aliphatic heterocycles. The van der Waals surface area contributed by atoms with Gasteiger partial charge in [0.25, 0.3) is 0 Å². The Morgan fingerprint density at radius 3 is 2.54 bits per heavy atom. The van der Waals surface area contributed by atoms with Gasteiger partial charge in [0.2, 0.25) is 0 Å². The molecule has 3 rings (SSSR count). The summed E-state index contributed by atoms with van der Waals surface area (Å²) in [5.74, 6) is -1.48. The van der Waals surface area contributed by atoms with Gasteiger partial charge in [0.15, 0.2) is 11.5 Å². The molecule has 1 N–H and O–H groups in total. The number of rotatable bonds is 6. The van der Waals surface area contributed by atoms with Crippen LogP contribution < -0.4 is 0 Å². The van der Waals surface area contributed by atoms with E-state index in [1.54, 1.807) is 19.1 Å². The molecule has 0 bridgehead atoms. The predicted molar refractivity (Wildman–Crippen MR) is 104 cm³/mol. The summed E-state index contributed by atoms with van der Waals surface area (Å²) in [7, 11) is 0. The lowest BCUT2D eigenvalue weighted by atomic mass is 9.97. The van der Waals surface area contributed by atoms with E-state index >= 15 is 0 Å². The maximum absolute atomic E-state index is 12.6. The smallest absolute Gasteiger partial charge is 0.306 e. The zero-order valence-electron chi connectivity index (χ0n) is 15.3. The van der Waals surface area contributed by atoms with E-state index in [2.05, 4.69) is 4.98 Å². The SMILES string of the molecule is CCOC(=O)CCC(=O)c1nc2c(-c3ccccc3)cccc2c(C#N)c1O. The topological polar surface area (TPSA) is 100 Å². The van der Waals surface area contributed by atoms with Crippen LogP contribution in [0.15, 0.2) is 48.5 Å². The molecule has 1 heterocycles. The van der Waals surface area contributed by atoms with Crippen LogP contribution in [0.4, 0.5) is 0 Å². The Morgan fingerprint density at radius 1 is 1.11 bits per heavy atom. The normalized spacial score (nSPS) is 10.4. The molecule has 6 nitrogen and oxygen atoms in total. The fraction of sp³-hybridized carbons (Fsp3) is 0.182. The van der Waals surface area contributed by atoms with E-state index in [0.29, 0.717) is 10.9 Å². The van der Waals surface area contributed by atoms with Crippen LogP contribution in [0.1, 0.15) is 35.8 Å². The first-order valence-corrected chi connectivity index (χ1v) is 8.86. The van der Waals surface area contributed by atoms with E-state index in [9.17, 15) is 20.0 Å². The Morgan fingerprint density at radius 2 is 1.86 bits per heavy atom. The summed E-state index contributed by atoms with van der Waals surface area (Å²) in [4.78, 5) is 28.5. The van der Waals surface area contributed by atoms with Crippen LogP contribution in [0.5, 0.6) is 5.75 Å². The number of aromatic hydroxyl groups is 1. The summed E-state index contributed by atoms with van der Waals surface area (Å²) < 4.78 is 4.82. The minimum atomic E-state index is -0.521. The van der Waals surface area contributed by atoms with Crippen molar-refractivity contribution in [1.29, 1.82) is 5.26 Å². The second kappa shape index (κ2) is 8.31. The molecule has 28 heavy (non-hydrogen) atoms. The van der Waals surface area contributed by atoms with Gasteiger partial charge in [-0.05, 0) is 12.5 Å². The number of para-hydroxylation sites is 1. The van der Waals surface area contributed by atoms with Gasteiger partial charge in [-0.25, -0.2) is 4.98 Å². The van der Waals surface area contributed by atoms with Gasteiger partial charge in [-0.3, -0.25) is 9.59 Å². The molecule has 2 aromatic carbocycles. The van der Waals surface area contributed by atoms with Gasteiger partial charge in [-0.1, -0.05) is 48.5 Å². The average molecular weight is 374 g/mol. The van der Waals surface area contributed by atoms with Crippen molar-refractivity contribution in [2.75, 3.05) is 6.61 Å². The highest BCUT2D eigenvalue weighted by Crippen LogP contribution is 2.34. The number of hydrogen-bond donors (Lipinski definition) is 1. The number of benzene rings is 2. The maximum atomic E-state index is 12.6. The van der Waals surface area contributed by atoms with E-state index in [1.807, 2.05) is 42.5 Å². The van der Waals surface area contributed by atoms with Crippen molar-refractivity contribution < 1.29 is 19.4 Å². The van der Waals surface area contributed by atoms with E-state index in [0.717, 1.165) is 11.1 Å². The first-order chi connectivity index (χ1) is 13.6. The molecule has 0 fully saturated rings. The van der Waals surface area contributed by atoms with E-state index < -0.39 is 17.5 Å². The van der Waals surface area contributed by atoms with Crippen molar-refractivity contribution in [3.8, 4) is 22.9 Å². The maximum Gasteiger partial charge on any atom is 0.306 e. The van der Waals surface area contributed by atoms with Crippen LogP contribution >= 0.6 is 0 Å². The molecule has 0 aliphatic carbocycles. The first kappa shape index (κ1) is 19.1. The molecule has 0 spiro atoms. The molecule has 140 valence electrons. The number of hydrogen-bond acceptors (Lipinski definition) is 6. The lowest BCUT2D eigenvalue weighted by Crippen LogP contribution is -2.10. The van der Waals surface area contributed by atoms with Gasteiger partial charge in [-0.2, -0.15) is 5.26 Å². The summed E-state index contributed by atoms with van der Waals surface area (Å²) in [6.45, 7) is 1.91. The Kier molecular flexibility index (Phi) is 5.66. The summed E-state index contributed by atoms with van der Waals surface area (Å²) in [6.07, 6.45) is -0.280. The number of aromatic nitrogens is 1. The number of nitriles is 1. The molecule has 0 atom stereocenters. The van der Waals surface area contributed by atoms with Crippen LogP contribution in [-0.4, -0.2) is 28.4 Å². The number of Topliss-reactive ketones (excluding diaryl/α,β-unsaturated/α-hetero) is 1. The molecule has 3 aromatic rings. The number of esters is 1. The average Bonchev–Trinajstić information content (AvgIpc) is 2.72. The summed E-state index contributed by atoms with van der Waals surface area (Å²) >= 11 is 0. The molecular formula is C22H18N2O4. The van der Waals surface area contributed by atoms with Gasteiger partial charge >= 0.3 is 5.97 Å². The standard InChI is InChI=1S/C22H18N2O4/c1-2-28-19(26)12-11-18(25)21-22(27)17(13-23)16-10-6-9-15(20(16)24-21)14-7-4-3-5-8-14/h3-10,27H,2,11-12H2,1H3. The van der Waals surface area contributed by atoms with Gasteiger partial charge < -0.3 is 9.84 Å². The minimum Gasteiger partial charge on any atom is -0.504 e. The van der Waals surface area contributed by atoms with Crippen LogP contribution in [0.2, 0.25) is 0 Å². The van der Waals surface area contributed by atoms with E-state index in [-0.39, 0.29) is 30.7 Å². The quantitative estimate of drug-likeness (QED) is 0.517. The summed E-state index contributed by atoms with van der Waals surface area (Å²) in [5.41, 5.74) is 1.84. The van der Waals surface area contributed by atoms with Crippen molar-refractivity contribution in [2.45, 2.75) is 19.8 Å². The van der Waals surface area contributed by atoms with Crippen molar-refractivity contribution >= 4 is 22.7 Å². The van der Waals surface area contributed by atoms with Crippen molar-refractivity contribution in [3.63, 3.8) is 0 Å². The first-order valence-electron chi connectivity index (χ1n) is 8.86. The highest BCUT2D eigenvalue weighted by molar-refractivity contribution is 6.05. The molecule has 0 unspecified atom stereocenters. The van der Waals surface area contributed by atoms with Crippen molar-refractivity contribution in [2.24, 2.45) is 0 Å². The van der Waals surface area contributed by atoms with Crippen LogP contribution in [0, 0.1) is 11.3 Å². The summed E-state index contributed by atoms with van der Waals surface area (Å²) in [5, 5.41) is 20.5. The monoisotopic (exact) mass is 374 g/mol. The Bertz CT molecular complexity index is 1090. The third-order valence-electron chi connectivity index (χ3n) is 4.31. The molecule has 0 aliphatic rings. The lowest BCUT2D eigenvalue weighted by molar-refractivity contribution is -0.143. The fourth-order valence-electron chi connectivity index (χ4n) is 3.00. The molecule has 0 saturated carbocycles. The molecule has 0 saturated heterocycles. The largest absolute Gasteiger partial charge is 0.504 e. The molecule has 0 amide bonds. The molecule has 1 aromatic heterocycles. The summed E-state index contributed by atoms with van der Waals surface area (Å²) in [6, 6.07) is 16.7. The van der Waals surface area contributed by atoms with Crippen molar-refractivity contribution in [3.05, 3.63) is 59.8 Å². The van der Waals surface area contributed by atoms with Crippen molar-refractivity contribution in [1.82, 2.24) is 4.98 Å². The number of ketones is 1. The van der Waals surface area contributed by atoms with Gasteiger partial charge in [0.05, 0.1) is 18.5 Å². The number of ether oxygens (including phenoxy) is 1. The third-order valence-corrected chi connectivity index (χ3v) is 4.31. The molecule has 0 radical (unpaired) electrons. The van der Waals surface area contributed by atoms with Crippen LogP contribution in [0.25, 0.3) is 22.0 Å². The van der Waals surface area contributed by atoms with Gasteiger partial charge in [0, 0.05) is 17.4 Å². The van der Waals surface area contributed by atoms with Crippen LogP contribution in [0.3, 0.4) is 0 Å². The minimum absolute atomic E-state index is 0.0118. The van der Waals surface area contributed by atoms with E-state index in [1.165, 1.54) is 0 Å². The number of fused-ring (bicyclic) bond motifs is 1. The Hall–Kier alpha value is -3.72. The highest BCUT2D eigenvalue weighted by Gasteiger charge is 2.22. The predicted octanol–water partition coefficient (Wildman–Crippen LogP) is 4.01. The lowest BCUT2D eigenvalue weighted by Gasteiger charge is -2.11. The number of carbonyl (C=O) groups is 2. The van der Waals surface area contributed by atoms with Gasteiger partial charge in [0.1, 0.15) is 17.3 Å². The van der Waals surface area contributed by atoms with Gasteiger partial charge in [-0.15, -0.1) is 0 Å². The zero-order valence-corrected chi connectivity index (χ0v) is 15.3. The zero-order chi connectivity index (χ0) is 20.1. The molecule has 6 heteroatoms. The fourth-order valence-corrected chi connectivity index (χ4v) is 3.00. The highest BCUT2D eigenvalue weighted by atomic mass is 16.5. The number of nitrogens with zero attached hydrogens (tertiary/aromatic N) is 2.